The number of aryl methyl sites for hydroxylation is 1. The summed E-state index contributed by atoms with van der Waals surface area (Å²) in [7, 11) is 0. The van der Waals surface area contributed by atoms with Gasteiger partial charge in [0.2, 0.25) is 5.78 Å². The fourth-order valence-corrected chi connectivity index (χ4v) is 1.35. The minimum Gasteiger partial charge on any atom is -0.371 e. The number of Topliss-reactive ketones (excluding diaryl/α,β-unsaturated/α-hetero) is 1. The van der Waals surface area contributed by atoms with Crippen LogP contribution in [0.5, 0.6) is 0 Å². The highest BCUT2D eigenvalue weighted by Crippen LogP contribution is 1.93. The van der Waals surface area contributed by atoms with Gasteiger partial charge in [-0.1, -0.05) is 5.92 Å². The normalized spacial score (nSPS) is 9.83. The van der Waals surface area contributed by atoms with Crippen molar-refractivity contribution in [2.45, 2.75) is 19.8 Å². The van der Waals surface area contributed by atoms with Crippen LogP contribution in [0, 0.1) is 11.8 Å². The predicted octanol–water partition coefficient (Wildman–Crippen LogP) is -0.0641. The average molecular weight is 250 g/mol. The first kappa shape index (κ1) is 14.4. The van der Waals surface area contributed by atoms with Crippen LogP contribution < -0.4 is 5.32 Å². The van der Waals surface area contributed by atoms with Gasteiger partial charge in [-0.15, -0.1) is 0 Å². The van der Waals surface area contributed by atoms with E-state index in [0.29, 0.717) is 6.61 Å². The van der Waals surface area contributed by atoms with Crippen molar-refractivity contribution < 1.29 is 9.53 Å². The topological polar surface area (TPSA) is 79.9 Å². The van der Waals surface area contributed by atoms with Gasteiger partial charge < -0.3 is 10.1 Å². The molecule has 6 nitrogen and oxygen atoms in total. The third-order valence-electron chi connectivity index (χ3n) is 2.17. The number of carbonyl (C=O) groups is 1. The highest BCUT2D eigenvalue weighted by Gasteiger charge is 1.97. The van der Waals surface area contributed by atoms with E-state index in [0.717, 1.165) is 31.6 Å². The molecule has 18 heavy (non-hydrogen) atoms. The molecule has 0 fully saturated rings. The predicted molar refractivity (Wildman–Crippen MR) is 66.8 cm³/mol. The maximum Gasteiger partial charge on any atom is 0.231 e. The van der Waals surface area contributed by atoms with Crippen LogP contribution in [-0.4, -0.2) is 47.5 Å². The van der Waals surface area contributed by atoms with Crippen molar-refractivity contribution in [2.24, 2.45) is 0 Å². The van der Waals surface area contributed by atoms with Crippen LogP contribution in [0.1, 0.15) is 19.0 Å². The van der Waals surface area contributed by atoms with E-state index in [-0.39, 0.29) is 12.4 Å². The Labute approximate surface area is 106 Å². The standard InChI is InChI=1S/C12H18N4O2/c1-2-4-12(17)10-18-8-7-13-6-3-5-11-9-14-16-15-11/h9,13H,3,5-8,10H2,1H3,(H,14,15,16). The molecule has 98 valence electrons. The minimum absolute atomic E-state index is 0.0709. The molecule has 0 aromatic carbocycles. The summed E-state index contributed by atoms with van der Waals surface area (Å²) in [5, 5.41) is 13.5. The Kier molecular flexibility index (Phi) is 7.44. The Balaban J connectivity index is 1.86. The summed E-state index contributed by atoms with van der Waals surface area (Å²) in [5.41, 5.74) is 0.969. The number of ketones is 1. The lowest BCUT2D eigenvalue weighted by Crippen LogP contribution is -2.22. The maximum atomic E-state index is 11.0. The summed E-state index contributed by atoms with van der Waals surface area (Å²) >= 11 is 0. The molecule has 0 radical (unpaired) electrons. The van der Waals surface area contributed by atoms with Gasteiger partial charge in [0.05, 0.1) is 18.5 Å². The van der Waals surface area contributed by atoms with Gasteiger partial charge in [-0.25, -0.2) is 0 Å². The molecule has 2 N–H and O–H groups in total. The smallest absolute Gasteiger partial charge is 0.231 e. The zero-order valence-electron chi connectivity index (χ0n) is 10.5. The van der Waals surface area contributed by atoms with Crippen LogP contribution in [0.4, 0.5) is 0 Å². The average Bonchev–Trinajstić information content (AvgIpc) is 2.86. The number of ether oxygens (including phenoxy) is 1. The molecular formula is C12H18N4O2. The van der Waals surface area contributed by atoms with Gasteiger partial charge in [0, 0.05) is 6.54 Å². The second-order valence-corrected chi connectivity index (χ2v) is 3.67. The van der Waals surface area contributed by atoms with Crippen LogP contribution in [-0.2, 0) is 16.0 Å². The summed E-state index contributed by atoms with van der Waals surface area (Å²) in [5.74, 6) is 4.79. The maximum absolute atomic E-state index is 11.0. The van der Waals surface area contributed by atoms with Crippen molar-refractivity contribution in [2.75, 3.05) is 26.3 Å². The zero-order valence-corrected chi connectivity index (χ0v) is 10.5. The zero-order chi connectivity index (χ0) is 13.1. The van der Waals surface area contributed by atoms with Gasteiger partial charge in [0.1, 0.15) is 6.61 Å². The lowest BCUT2D eigenvalue weighted by Gasteiger charge is -2.03. The number of aromatic amines is 1. The monoisotopic (exact) mass is 250 g/mol. The van der Waals surface area contributed by atoms with Gasteiger partial charge in [0.25, 0.3) is 0 Å². The van der Waals surface area contributed by atoms with Gasteiger partial charge in [-0.2, -0.15) is 15.4 Å². The highest BCUT2D eigenvalue weighted by atomic mass is 16.5. The number of rotatable bonds is 9. The third kappa shape index (κ3) is 6.78. The summed E-state index contributed by atoms with van der Waals surface area (Å²) in [6.45, 7) is 3.83. The molecule has 0 saturated heterocycles. The molecule has 0 spiro atoms. The number of hydrogen-bond acceptors (Lipinski definition) is 5. The Morgan fingerprint density at radius 1 is 1.56 bits per heavy atom. The second kappa shape index (κ2) is 9.33. The second-order valence-electron chi connectivity index (χ2n) is 3.67. The van der Waals surface area contributed by atoms with Crippen molar-refractivity contribution in [1.29, 1.82) is 0 Å². The Morgan fingerprint density at radius 3 is 3.17 bits per heavy atom. The summed E-state index contributed by atoms with van der Waals surface area (Å²) in [4.78, 5) is 11.0. The summed E-state index contributed by atoms with van der Waals surface area (Å²) < 4.78 is 5.16. The first-order valence-corrected chi connectivity index (χ1v) is 5.91. The number of hydrogen-bond donors (Lipinski definition) is 2. The molecule has 0 saturated carbocycles. The highest BCUT2D eigenvalue weighted by molar-refractivity contribution is 5.96. The molecule has 0 aliphatic carbocycles. The van der Waals surface area contributed by atoms with Crippen LogP contribution in [0.15, 0.2) is 6.20 Å². The van der Waals surface area contributed by atoms with E-state index in [2.05, 4.69) is 32.6 Å². The lowest BCUT2D eigenvalue weighted by atomic mass is 10.2. The molecule has 0 aliphatic heterocycles. The third-order valence-corrected chi connectivity index (χ3v) is 2.17. The van der Waals surface area contributed by atoms with Crippen molar-refractivity contribution in [3.63, 3.8) is 0 Å². The van der Waals surface area contributed by atoms with E-state index < -0.39 is 0 Å². The van der Waals surface area contributed by atoms with Crippen molar-refractivity contribution in [1.82, 2.24) is 20.7 Å². The quantitative estimate of drug-likeness (QED) is 0.364. The van der Waals surface area contributed by atoms with E-state index in [1.54, 1.807) is 13.1 Å². The van der Waals surface area contributed by atoms with Gasteiger partial charge in [-0.05, 0) is 32.2 Å². The Bertz CT molecular complexity index is 392. The lowest BCUT2D eigenvalue weighted by molar-refractivity contribution is -0.118. The fraction of sp³-hybridized carbons (Fsp3) is 0.583. The van der Waals surface area contributed by atoms with Crippen molar-refractivity contribution in [3.8, 4) is 11.8 Å². The molecule has 1 heterocycles. The molecular weight excluding hydrogens is 232 g/mol. The fourth-order valence-electron chi connectivity index (χ4n) is 1.35. The van der Waals surface area contributed by atoms with Gasteiger partial charge in [0.15, 0.2) is 0 Å². The van der Waals surface area contributed by atoms with Crippen molar-refractivity contribution in [3.05, 3.63) is 11.9 Å². The van der Waals surface area contributed by atoms with E-state index in [4.69, 9.17) is 4.74 Å². The number of nitrogens with one attached hydrogen (secondary N) is 2. The van der Waals surface area contributed by atoms with Gasteiger partial charge >= 0.3 is 0 Å². The first-order chi connectivity index (χ1) is 8.83. The Morgan fingerprint density at radius 2 is 2.44 bits per heavy atom. The molecule has 0 unspecified atom stereocenters. The molecule has 1 rings (SSSR count). The first-order valence-electron chi connectivity index (χ1n) is 5.91. The van der Waals surface area contributed by atoms with Crippen molar-refractivity contribution >= 4 is 5.78 Å². The Hall–Kier alpha value is -1.71. The summed E-state index contributed by atoms with van der Waals surface area (Å²) in [6.07, 6.45) is 3.62. The summed E-state index contributed by atoms with van der Waals surface area (Å²) in [6, 6.07) is 0. The van der Waals surface area contributed by atoms with Gasteiger partial charge in [-0.3, -0.25) is 4.79 Å². The number of aromatic nitrogens is 3. The number of nitrogens with zero attached hydrogens (tertiary/aromatic N) is 2. The van der Waals surface area contributed by atoms with E-state index in [9.17, 15) is 4.79 Å². The molecule has 0 aliphatic rings. The minimum atomic E-state index is -0.177. The molecule has 1 aromatic rings. The number of H-pyrrole nitrogens is 1. The van der Waals surface area contributed by atoms with E-state index >= 15 is 0 Å². The van der Waals surface area contributed by atoms with Crippen LogP contribution in [0.3, 0.4) is 0 Å². The van der Waals surface area contributed by atoms with Crippen LogP contribution in [0.2, 0.25) is 0 Å². The SMILES string of the molecule is CC#CC(=O)COCCNCCCc1cn[nH]n1. The molecule has 0 bridgehead atoms. The van der Waals surface area contributed by atoms with Crippen LogP contribution in [0.25, 0.3) is 0 Å². The largest absolute Gasteiger partial charge is 0.371 e. The molecule has 1 aromatic heterocycles. The van der Waals surface area contributed by atoms with E-state index in [1.807, 2.05) is 0 Å². The van der Waals surface area contributed by atoms with Crippen LogP contribution >= 0.6 is 0 Å². The number of carbonyl (C=O) groups excluding carboxylic acids is 1. The molecule has 6 heteroatoms. The molecule has 0 atom stereocenters. The van der Waals surface area contributed by atoms with E-state index in [1.165, 1.54) is 0 Å². The molecule has 0 amide bonds.